The predicted molar refractivity (Wildman–Crippen MR) is 103 cm³/mol. The van der Waals surface area contributed by atoms with Crippen molar-refractivity contribution in [3.05, 3.63) is 53.4 Å². The number of nitrogens with one attached hydrogen (secondary N) is 1. The summed E-state index contributed by atoms with van der Waals surface area (Å²) in [6, 6.07) is 9.61. The molecule has 0 atom stereocenters. The Balaban J connectivity index is 1.68. The second kappa shape index (κ2) is 8.06. The number of aromatic amines is 1. The average molecular weight is 388 g/mol. The molecule has 0 bridgehead atoms. The Morgan fingerprint density at radius 2 is 1.85 bits per heavy atom. The number of rotatable bonds is 4. The average Bonchev–Trinajstić information content (AvgIpc) is 2.86. The van der Waals surface area contributed by atoms with Gasteiger partial charge in [0.25, 0.3) is 0 Å². The lowest BCUT2D eigenvalue weighted by Crippen LogP contribution is -2.37. The maximum Gasteiger partial charge on any atom is 0.246 e. The number of hydrogen-bond acceptors (Lipinski definition) is 4. The van der Waals surface area contributed by atoms with Crippen LogP contribution in [0.25, 0.3) is 6.08 Å². The number of aromatic nitrogens is 2. The summed E-state index contributed by atoms with van der Waals surface area (Å²) in [6.45, 7) is 4.95. The summed E-state index contributed by atoms with van der Waals surface area (Å²) < 4.78 is 27.4. The molecule has 1 fully saturated rings. The van der Waals surface area contributed by atoms with Crippen LogP contribution >= 0.6 is 0 Å². The van der Waals surface area contributed by atoms with Crippen LogP contribution in [0, 0.1) is 13.8 Å². The molecule has 7 nitrogen and oxygen atoms in total. The Labute approximate surface area is 159 Å². The molecule has 1 saturated heterocycles. The molecular weight excluding hydrogens is 364 g/mol. The molecule has 0 spiro atoms. The predicted octanol–water partition coefficient (Wildman–Crippen LogP) is 1.96. The number of carbonyl (C=O) groups excluding carboxylic acids is 1. The SMILES string of the molecule is Cc1n[nH]c(C)c1S(=O)(=O)N1CCCN(C(=O)/C=C/c2ccccc2)CC1. The van der Waals surface area contributed by atoms with Crippen molar-refractivity contribution in [2.75, 3.05) is 26.2 Å². The van der Waals surface area contributed by atoms with Crippen LogP contribution in [0.3, 0.4) is 0 Å². The van der Waals surface area contributed by atoms with Gasteiger partial charge >= 0.3 is 0 Å². The number of H-pyrrole nitrogens is 1. The summed E-state index contributed by atoms with van der Waals surface area (Å²) >= 11 is 0. The van der Waals surface area contributed by atoms with E-state index < -0.39 is 10.0 Å². The number of benzene rings is 1. The van der Waals surface area contributed by atoms with Gasteiger partial charge in [0.1, 0.15) is 4.90 Å². The van der Waals surface area contributed by atoms with Gasteiger partial charge in [-0.2, -0.15) is 9.40 Å². The molecule has 3 rings (SSSR count). The number of amides is 1. The minimum atomic E-state index is -3.62. The zero-order valence-electron chi connectivity index (χ0n) is 15.6. The largest absolute Gasteiger partial charge is 0.338 e. The third-order valence-electron chi connectivity index (χ3n) is 4.64. The monoisotopic (exact) mass is 388 g/mol. The van der Waals surface area contributed by atoms with Gasteiger partial charge in [0.15, 0.2) is 0 Å². The van der Waals surface area contributed by atoms with Gasteiger partial charge in [-0.15, -0.1) is 0 Å². The minimum Gasteiger partial charge on any atom is -0.338 e. The molecule has 27 heavy (non-hydrogen) atoms. The second-order valence-corrected chi connectivity index (χ2v) is 8.46. The van der Waals surface area contributed by atoms with E-state index in [0.29, 0.717) is 37.4 Å². The van der Waals surface area contributed by atoms with Crippen molar-refractivity contribution < 1.29 is 13.2 Å². The van der Waals surface area contributed by atoms with Crippen molar-refractivity contribution in [3.8, 4) is 0 Å². The molecule has 0 saturated carbocycles. The number of carbonyl (C=O) groups is 1. The smallest absolute Gasteiger partial charge is 0.246 e. The van der Waals surface area contributed by atoms with Crippen LogP contribution in [0.1, 0.15) is 23.4 Å². The first-order valence-electron chi connectivity index (χ1n) is 8.93. The highest BCUT2D eigenvalue weighted by Gasteiger charge is 2.31. The number of hydrogen-bond donors (Lipinski definition) is 1. The van der Waals surface area contributed by atoms with E-state index in [0.717, 1.165) is 5.56 Å². The molecule has 2 aromatic rings. The molecule has 1 amide bonds. The molecule has 0 unspecified atom stereocenters. The fraction of sp³-hybridized carbons (Fsp3) is 0.368. The Bertz CT molecular complexity index is 916. The molecule has 1 aliphatic heterocycles. The molecule has 1 aliphatic rings. The van der Waals surface area contributed by atoms with Crippen molar-refractivity contribution in [1.82, 2.24) is 19.4 Å². The van der Waals surface area contributed by atoms with Crippen LogP contribution < -0.4 is 0 Å². The second-order valence-electron chi connectivity index (χ2n) is 6.59. The Morgan fingerprint density at radius 3 is 2.52 bits per heavy atom. The van der Waals surface area contributed by atoms with Gasteiger partial charge in [-0.25, -0.2) is 8.42 Å². The van der Waals surface area contributed by atoms with E-state index in [9.17, 15) is 13.2 Å². The van der Waals surface area contributed by atoms with E-state index in [-0.39, 0.29) is 17.3 Å². The molecule has 1 aromatic heterocycles. The highest BCUT2D eigenvalue weighted by Crippen LogP contribution is 2.22. The minimum absolute atomic E-state index is 0.103. The third-order valence-corrected chi connectivity index (χ3v) is 6.81. The molecule has 2 heterocycles. The number of sulfonamides is 1. The van der Waals surface area contributed by atoms with Crippen molar-refractivity contribution >= 4 is 22.0 Å². The maximum absolute atomic E-state index is 13.0. The summed E-state index contributed by atoms with van der Waals surface area (Å²) in [4.78, 5) is 14.4. The molecule has 0 aliphatic carbocycles. The van der Waals surface area contributed by atoms with E-state index >= 15 is 0 Å². The maximum atomic E-state index is 13.0. The Morgan fingerprint density at radius 1 is 1.11 bits per heavy atom. The molecule has 8 heteroatoms. The summed E-state index contributed by atoms with van der Waals surface area (Å²) in [5.74, 6) is -0.103. The normalized spacial score (nSPS) is 16.6. The molecule has 0 radical (unpaired) electrons. The highest BCUT2D eigenvalue weighted by molar-refractivity contribution is 7.89. The molecule has 144 valence electrons. The van der Waals surface area contributed by atoms with Crippen molar-refractivity contribution in [1.29, 1.82) is 0 Å². The van der Waals surface area contributed by atoms with Crippen molar-refractivity contribution in [3.63, 3.8) is 0 Å². The molecule has 1 N–H and O–H groups in total. The number of nitrogens with zero attached hydrogens (tertiary/aromatic N) is 3. The summed E-state index contributed by atoms with van der Waals surface area (Å²) in [5, 5.41) is 6.72. The summed E-state index contributed by atoms with van der Waals surface area (Å²) in [6.07, 6.45) is 3.92. The number of aryl methyl sites for hydroxylation is 2. The summed E-state index contributed by atoms with van der Waals surface area (Å²) in [7, 11) is -3.62. The van der Waals surface area contributed by atoms with E-state index in [1.807, 2.05) is 30.3 Å². The quantitative estimate of drug-likeness (QED) is 0.812. The van der Waals surface area contributed by atoms with Gasteiger partial charge in [-0.05, 0) is 31.9 Å². The van der Waals surface area contributed by atoms with E-state index in [1.165, 1.54) is 4.31 Å². The van der Waals surface area contributed by atoms with Gasteiger partial charge < -0.3 is 4.90 Å². The lowest BCUT2D eigenvalue weighted by Gasteiger charge is -2.21. The van der Waals surface area contributed by atoms with Gasteiger partial charge in [0, 0.05) is 32.3 Å². The van der Waals surface area contributed by atoms with Crippen LogP contribution in [0.2, 0.25) is 0 Å². The first kappa shape index (κ1) is 19.3. The van der Waals surface area contributed by atoms with E-state index in [1.54, 1.807) is 30.9 Å². The zero-order chi connectivity index (χ0) is 19.4. The van der Waals surface area contributed by atoms with Crippen LogP contribution in [0.15, 0.2) is 41.3 Å². The van der Waals surface area contributed by atoms with Crippen molar-refractivity contribution in [2.24, 2.45) is 0 Å². The topological polar surface area (TPSA) is 86.4 Å². The first-order chi connectivity index (χ1) is 12.9. The standard InChI is InChI=1S/C19H24N4O3S/c1-15-19(16(2)21-20-15)27(25,26)23-12-6-11-22(13-14-23)18(24)10-9-17-7-4-3-5-8-17/h3-5,7-10H,6,11-14H2,1-2H3,(H,20,21)/b10-9+. The lowest BCUT2D eigenvalue weighted by molar-refractivity contribution is -0.125. The fourth-order valence-corrected chi connectivity index (χ4v) is 5.04. The van der Waals surface area contributed by atoms with Crippen LogP contribution in [-0.2, 0) is 14.8 Å². The van der Waals surface area contributed by atoms with E-state index in [2.05, 4.69) is 10.2 Å². The van der Waals surface area contributed by atoms with Gasteiger partial charge in [0.05, 0.1) is 11.4 Å². The Hall–Kier alpha value is -2.45. The van der Waals surface area contributed by atoms with Gasteiger partial charge in [-0.1, -0.05) is 30.3 Å². The Kier molecular flexibility index (Phi) is 5.76. The van der Waals surface area contributed by atoms with Crippen molar-refractivity contribution in [2.45, 2.75) is 25.2 Å². The van der Waals surface area contributed by atoms with Gasteiger partial charge in [-0.3, -0.25) is 9.89 Å². The zero-order valence-corrected chi connectivity index (χ0v) is 16.4. The fourth-order valence-electron chi connectivity index (χ4n) is 3.24. The molecule has 1 aromatic carbocycles. The van der Waals surface area contributed by atoms with Crippen LogP contribution in [0.4, 0.5) is 0 Å². The third kappa shape index (κ3) is 4.28. The molecular formula is C19H24N4O3S. The summed E-state index contributed by atoms with van der Waals surface area (Å²) in [5.41, 5.74) is 1.96. The van der Waals surface area contributed by atoms with Gasteiger partial charge in [0.2, 0.25) is 15.9 Å². The first-order valence-corrected chi connectivity index (χ1v) is 10.4. The van der Waals surface area contributed by atoms with Crippen LogP contribution in [-0.4, -0.2) is 59.9 Å². The van der Waals surface area contributed by atoms with E-state index in [4.69, 9.17) is 0 Å². The lowest BCUT2D eigenvalue weighted by atomic mass is 10.2. The highest BCUT2D eigenvalue weighted by atomic mass is 32.2. The van der Waals surface area contributed by atoms with Crippen LogP contribution in [0.5, 0.6) is 0 Å².